The van der Waals surface area contributed by atoms with Gasteiger partial charge in [0.15, 0.2) is 0 Å². The van der Waals surface area contributed by atoms with Crippen molar-refractivity contribution < 1.29 is 9.90 Å². The van der Waals surface area contributed by atoms with E-state index in [-0.39, 0.29) is 0 Å². The molecule has 88 valence electrons. The summed E-state index contributed by atoms with van der Waals surface area (Å²) >= 11 is 0. The van der Waals surface area contributed by atoms with Crippen LogP contribution in [0.25, 0.3) is 21.8 Å². The van der Waals surface area contributed by atoms with Crippen LogP contribution in [0.5, 0.6) is 0 Å². The predicted octanol–water partition coefficient (Wildman–Crippen LogP) is 3.48. The summed E-state index contributed by atoms with van der Waals surface area (Å²) in [6, 6.07) is 15.0. The Morgan fingerprint density at radius 1 is 0.944 bits per heavy atom. The van der Waals surface area contributed by atoms with Gasteiger partial charge in [0.2, 0.25) is 0 Å². The Morgan fingerprint density at radius 3 is 1.94 bits per heavy atom. The summed E-state index contributed by atoms with van der Waals surface area (Å²) in [5.74, 6) is 0. The number of rotatable bonds is 1. The van der Waals surface area contributed by atoms with Crippen LogP contribution in [0.2, 0.25) is 0 Å². The number of carboxylic acid groups (broad SMARTS) is 1. The maximum atomic E-state index is 10.9. The molecule has 0 saturated heterocycles. The van der Waals surface area contributed by atoms with E-state index in [2.05, 4.69) is 10.3 Å². The van der Waals surface area contributed by atoms with Gasteiger partial charge in [-0.25, -0.2) is 9.78 Å². The standard InChI is InChI=1S/C14H10N2O2/c17-14(18)16-13-9-5-1-3-7-11(9)15-12-8-4-2-6-10(12)13/h1-8H,(H,15,16)(H,17,18). The first-order valence-electron chi connectivity index (χ1n) is 5.53. The highest BCUT2D eigenvalue weighted by Crippen LogP contribution is 2.30. The molecule has 0 unspecified atom stereocenters. The van der Waals surface area contributed by atoms with Gasteiger partial charge in [-0.3, -0.25) is 5.32 Å². The fraction of sp³-hybridized carbons (Fsp3) is 0. The highest BCUT2D eigenvalue weighted by molar-refractivity contribution is 6.11. The number of anilines is 1. The second-order valence-corrected chi connectivity index (χ2v) is 3.95. The minimum Gasteiger partial charge on any atom is -0.465 e. The number of carbonyl (C=O) groups is 1. The van der Waals surface area contributed by atoms with Crippen LogP contribution in [-0.2, 0) is 0 Å². The molecule has 4 heteroatoms. The molecule has 0 aliphatic carbocycles. The summed E-state index contributed by atoms with van der Waals surface area (Å²) in [6.07, 6.45) is -1.07. The fourth-order valence-corrected chi connectivity index (χ4v) is 2.08. The minimum atomic E-state index is -1.07. The molecule has 0 radical (unpaired) electrons. The topological polar surface area (TPSA) is 62.2 Å². The Morgan fingerprint density at radius 2 is 1.44 bits per heavy atom. The van der Waals surface area contributed by atoms with Crippen LogP contribution in [0.1, 0.15) is 0 Å². The van der Waals surface area contributed by atoms with Gasteiger partial charge in [-0.15, -0.1) is 0 Å². The van der Waals surface area contributed by atoms with E-state index in [1.807, 2.05) is 48.5 Å². The van der Waals surface area contributed by atoms with E-state index in [4.69, 9.17) is 5.11 Å². The third kappa shape index (κ3) is 1.64. The molecule has 2 N–H and O–H groups in total. The van der Waals surface area contributed by atoms with E-state index in [1.165, 1.54) is 0 Å². The van der Waals surface area contributed by atoms with E-state index >= 15 is 0 Å². The maximum Gasteiger partial charge on any atom is 0.409 e. The van der Waals surface area contributed by atoms with Crippen molar-refractivity contribution in [1.29, 1.82) is 0 Å². The van der Waals surface area contributed by atoms with Crippen LogP contribution < -0.4 is 5.32 Å². The minimum absolute atomic E-state index is 0.587. The number of fused-ring (bicyclic) bond motifs is 2. The van der Waals surface area contributed by atoms with Crippen molar-refractivity contribution in [3.05, 3.63) is 48.5 Å². The molecule has 1 aromatic heterocycles. The number of aromatic nitrogens is 1. The van der Waals surface area contributed by atoms with Crippen LogP contribution in [-0.4, -0.2) is 16.2 Å². The van der Waals surface area contributed by atoms with Crippen LogP contribution in [0.4, 0.5) is 10.5 Å². The van der Waals surface area contributed by atoms with Crippen LogP contribution >= 0.6 is 0 Å². The van der Waals surface area contributed by atoms with E-state index in [9.17, 15) is 4.79 Å². The Bertz CT molecular complexity index is 699. The maximum absolute atomic E-state index is 10.9. The summed E-state index contributed by atoms with van der Waals surface area (Å²) < 4.78 is 0. The zero-order valence-electron chi connectivity index (χ0n) is 9.42. The molecule has 0 bridgehead atoms. The molecule has 0 fully saturated rings. The molecule has 2 aromatic carbocycles. The number of amides is 1. The largest absolute Gasteiger partial charge is 0.465 e. The molecule has 1 heterocycles. The van der Waals surface area contributed by atoms with Crippen molar-refractivity contribution in [1.82, 2.24) is 4.98 Å². The van der Waals surface area contributed by atoms with Gasteiger partial charge < -0.3 is 5.11 Å². The molecule has 0 aliphatic rings. The Hall–Kier alpha value is -2.62. The molecule has 0 saturated carbocycles. The first-order valence-corrected chi connectivity index (χ1v) is 5.53. The number of hydrogen-bond donors (Lipinski definition) is 2. The summed E-state index contributed by atoms with van der Waals surface area (Å²) in [6.45, 7) is 0. The molecule has 0 spiro atoms. The molecule has 0 aliphatic heterocycles. The molecular formula is C14H10N2O2. The fourth-order valence-electron chi connectivity index (χ4n) is 2.08. The zero-order chi connectivity index (χ0) is 12.5. The van der Waals surface area contributed by atoms with E-state index in [0.29, 0.717) is 5.69 Å². The number of para-hydroxylation sites is 2. The number of pyridine rings is 1. The van der Waals surface area contributed by atoms with Gasteiger partial charge in [0.05, 0.1) is 16.7 Å². The van der Waals surface area contributed by atoms with Gasteiger partial charge in [-0.1, -0.05) is 36.4 Å². The van der Waals surface area contributed by atoms with Gasteiger partial charge in [0.1, 0.15) is 0 Å². The second-order valence-electron chi connectivity index (χ2n) is 3.95. The van der Waals surface area contributed by atoms with Gasteiger partial charge >= 0.3 is 6.09 Å². The highest BCUT2D eigenvalue weighted by Gasteiger charge is 2.10. The first kappa shape index (κ1) is 10.5. The second kappa shape index (κ2) is 4.00. The molecule has 1 amide bonds. The predicted molar refractivity (Wildman–Crippen MR) is 70.9 cm³/mol. The average Bonchev–Trinajstić information content (AvgIpc) is 2.38. The average molecular weight is 238 g/mol. The van der Waals surface area contributed by atoms with E-state index < -0.39 is 6.09 Å². The third-order valence-corrected chi connectivity index (χ3v) is 2.82. The number of hydrogen-bond acceptors (Lipinski definition) is 2. The highest BCUT2D eigenvalue weighted by atomic mass is 16.4. The number of benzene rings is 2. The van der Waals surface area contributed by atoms with Crippen molar-refractivity contribution in [2.24, 2.45) is 0 Å². The SMILES string of the molecule is O=C(O)Nc1c2ccccc2nc2ccccc12. The van der Waals surface area contributed by atoms with Crippen molar-refractivity contribution in [2.75, 3.05) is 5.32 Å². The van der Waals surface area contributed by atoms with Crippen molar-refractivity contribution >= 4 is 33.6 Å². The lowest BCUT2D eigenvalue weighted by Crippen LogP contribution is -2.08. The van der Waals surface area contributed by atoms with Crippen molar-refractivity contribution in [3.63, 3.8) is 0 Å². The van der Waals surface area contributed by atoms with E-state index in [1.54, 1.807) is 0 Å². The smallest absolute Gasteiger partial charge is 0.409 e. The van der Waals surface area contributed by atoms with Crippen LogP contribution in [0.15, 0.2) is 48.5 Å². The zero-order valence-corrected chi connectivity index (χ0v) is 9.42. The Kier molecular flexibility index (Phi) is 2.34. The summed E-state index contributed by atoms with van der Waals surface area (Å²) in [4.78, 5) is 15.4. The molecule has 3 rings (SSSR count). The van der Waals surface area contributed by atoms with Crippen molar-refractivity contribution in [3.8, 4) is 0 Å². The monoisotopic (exact) mass is 238 g/mol. The van der Waals surface area contributed by atoms with Gasteiger partial charge in [-0.05, 0) is 12.1 Å². The van der Waals surface area contributed by atoms with Gasteiger partial charge in [0.25, 0.3) is 0 Å². The lowest BCUT2D eigenvalue weighted by Gasteiger charge is -2.09. The lowest BCUT2D eigenvalue weighted by molar-refractivity contribution is 0.210. The quantitative estimate of drug-likeness (QED) is 0.638. The van der Waals surface area contributed by atoms with Crippen molar-refractivity contribution in [2.45, 2.75) is 0 Å². The summed E-state index contributed by atoms with van der Waals surface area (Å²) in [5, 5.41) is 13.0. The molecular weight excluding hydrogens is 228 g/mol. The van der Waals surface area contributed by atoms with Gasteiger partial charge in [0, 0.05) is 10.8 Å². The number of nitrogens with zero attached hydrogens (tertiary/aromatic N) is 1. The Balaban J connectivity index is 2.45. The molecule has 18 heavy (non-hydrogen) atoms. The Labute approximate surface area is 103 Å². The summed E-state index contributed by atoms with van der Waals surface area (Å²) in [7, 11) is 0. The third-order valence-electron chi connectivity index (χ3n) is 2.82. The normalized spacial score (nSPS) is 10.7. The lowest BCUT2D eigenvalue weighted by atomic mass is 10.1. The van der Waals surface area contributed by atoms with Crippen LogP contribution in [0.3, 0.4) is 0 Å². The van der Waals surface area contributed by atoms with Crippen LogP contribution in [0, 0.1) is 0 Å². The molecule has 3 aromatic rings. The molecule has 4 nitrogen and oxygen atoms in total. The van der Waals surface area contributed by atoms with Gasteiger partial charge in [-0.2, -0.15) is 0 Å². The number of nitrogens with one attached hydrogen (secondary N) is 1. The van der Waals surface area contributed by atoms with E-state index in [0.717, 1.165) is 21.8 Å². The summed E-state index contributed by atoms with van der Waals surface area (Å²) in [5.41, 5.74) is 2.14. The first-order chi connectivity index (χ1) is 8.75. The molecule has 0 atom stereocenters.